The highest BCUT2D eigenvalue weighted by Crippen LogP contribution is 2.37. The van der Waals surface area contributed by atoms with Gasteiger partial charge in [-0.1, -0.05) is 57.2 Å². The Balaban J connectivity index is 2.30. The first-order valence-electron chi connectivity index (χ1n) is 7.19. The highest BCUT2D eigenvalue weighted by atomic mass is 16.3. The van der Waals surface area contributed by atoms with Crippen molar-refractivity contribution in [2.75, 3.05) is 0 Å². The Bertz CT molecular complexity index is 754. The van der Waals surface area contributed by atoms with Gasteiger partial charge in [0.2, 0.25) is 0 Å². The van der Waals surface area contributed by atoms with Crippen LogP contribution in [0.3, 0.4) is 0 Å². The lowest BCUT2D eigenvalue weighted by Gasteiger charge is -2.25. The third-order valence-corrected chi connectivity index (χ3v) is 3.68. The molecule has 108 valence electrons. The number of nitrogens with zero attached hydrogens (tertiary/aromatic N) is 2. The first-order valence-corrected chi connectivity index (χ1v) is 7.19. The second-order valence-electron chi connectivity index (χ2n) is 6.41. The maximum absolute atomic E-state index is 10.7. The monoisotopic (exact) mass is 280 g/mol. The van der Waals surface area contributed by atoms with E-state index in [9.17, 15) is 5.11 Å². The van der Waals surface area contributed by atoms with Crippen LogP contribution in [0.2, 0.25) is 0 Å². The van der Waals surface area contributed by atoms with Crippen LogP contribution in [0.1, 0.15) is 32.6 Å². The van der Waals surface area contributed by atoms with E-state index in [0.29, 0.717) is 0 Å². The summed E-state index contributed by atoms with van der Waals surface area (Å²) >= 11 is 0. The Morgan fingerprint density at radius 3 is 2.33 bits per heavy atom. The molecule has 3 rings (SSSR count). The molecule has 0 spiro atoms. The fourth-order valence-corrected chi connectivity index (χ4v) is 2.50. The van der Waals surface area contributed by atoms with Crippen LogP contribution in [-0.2, 0) is 0 Å². The number of hydrogen-bond acceptors (Lipinski definition) is 2. The summed E-state index contributed by atoms with van der Waals surface area (Å²) in [6.07, 6.45) is 1.37. The Morgan fingerprint density at radius 1 is 1.00 bits per heavy atom. The fourth-order valence-electron chi connectivity index (χ4n) is 2.50. The number of fused-ring (bicyclic) bond motifs is 1. The quantitative estimate of drug-likeness (QED) is 0.768. The SMILES string of the molecule is CC(C)(C)C(O)c1nc2ccccn2c1-c1ccccc1. The molecule has 1 N–H and O–H groups in total. The Kier molecular flexibility index (Phi) is 3.30. The molecule has 0 radical (unpaired) electrons. The van der Waals surface area contributed by atoms with Crippen molar-refractivity contribution in [3.8, 4) is 11.3 Å². The van der Waals surface area contributed by atoms with E-state index in [0.717, 1.165) is 22.6 Å². The summed E-state index contributed by atoms with van der Waals surface area (Å²) in [5.41, 5.74) is 3.36. The van der Waals surface area contributed by atoms with E-state index in [1.807, 2.05) is 67.8 Å². The van der Waals surface area contributed by atoms with Crippen LogP contribution in [0, 0.1) is 5.41 Å². The average Bonchev–Trinajstić information content (AvgIpc) is 2.85. The predicted molar refractivity (Wildman–Crippen MR) is 85.0 cm³/mol. The normalized spacial score (nSPS) is 13.5. The maximum atomic E-state index is 10.7. The van der Waals surface area contributed by atoms with E-state index >= 15 is 0 Å². The molecule has 2 heterocycles. The van der Waals surface area contributed by atoms with E-state index in [4.69, 9.17) is 0 Å². The lowest BCUT2D eigenvalue weighted by Crippen LogP contribution is -2.19. The minimum Gasteiger partial charge on any atom is -0.386 e. The van der Waals surface area contributed by atoms with E-state index in [2.05, 4.69) is 17.1 Å². The van der Waals surface area contributed by atoms with Gasteiger partial charge in [0, 0.05) is 11.8 Å². The summed E-state index contributed by atoms with van der Waals surface area (Å²) in [5, 5.41) is 10.7. The standard InChI is InChI=1S/C18H20N2O/c1-18(2,3)17(21)15-16(13-9-5-4-6-10-13)20-12-8-7-11-14(20)19-15/h4-12,17,21H,1-3H3. The van der Waals surface area contributed by atoms with E-state index in [1.165, 1.54) is 0 Å². The minimum absolute atomic E-state index is 0.262. The summed E-state index contributed by atoms with van der Waals surface area (Å²) in [5.74, 6) is 0. The Hall–Kier alpha value is -2.13. The number of aliphatic hydroxyl groups excluding tert-OH is 1. The molecule has 0 bridgehead atoms. The highest BCUT2D eigenvalue weighted by molar-refractivity contribution is 5.67. The van der Waals surface area contributed by atoms with Crippen molar-refractivity contribution in [2.24, 2.45) is 5.41 Å². The molecule has 0 fully saturated rings. The van der Waals surface area contributed by atoms with Crippen LogP contribution < -0.4 is 0 Å². The molecule has 1 unspecified atom stereocenters. The molecule has 0 saturated heterocycles. The second kappa shape index (κ2) is 5.01. The van der Waals surface area contributed by atoms with Gasteiger partial charge in [-0.2, -0.15) is 0 Å². The van der Waals surface area contributed by atoms with Gasteiger partial charge in [-0.25, -0.2) is 4.98 Å². The predicted octanol–water partition coefficient (Wildman–Crippen LogP) is 4.08. The zero-order valence-electron chi connectivity index (χ0n) is 12.6. The molecule has 1 atom stereocenters. The molecule has 0 aliphatic rings. The molecular weight excluding hydrogens is 260 g/mol. The van der Waals surface area contributed by atoms with Crippen LogP contribution >= 0.6 is 0 Å². The summed E-state index contributed by atoms with van der Waals surface area (Å²) < 4.78 is 2.04. The summed E-state index contributed by atoms with van der Waals surface area (Å²) in [6.45, 7) is 6.07. The van der Waals surface area contributed by atoms with E-state index in [1.54, 1.807) is 0 Å². The topological polar surface area (TPSA) is 37.5 Å². The average molecular weight is 280 g/mol. The summed E-state index contributed by atoms with van der Waals surface area (Å²) in [6, 6.07) is 16.0. The van der Waals surface area contributed by atoms with Gasteiger partial charge in [-0.05, 0) is 17.5 Å². The van der Waals surface area contributed by atoms with E-state index < -0.39 is 6.10 Å². The molecule has 0 aliphatic carbocycles. The number of aromatic nitrogens is 2. The number of pyridine rings is 1. The van der Waals surface area contributed by atoms with Crippen molar-refractivity contribution in [2.45, 2.75) is 26.9 Å². The molecule has 1 aromatic carbocycles. The van der Waals surface area contributed by atoms with Gasteiger partial charge in [0.15, 0.2) is 0 Å². The van der Waals surface area contributed by atoms with Gasteiger partial charge in [0.05, 0.1) is 11.4 Å². The molecule has 21 heavy (non-hydrogen) atoms. The van der Waals surface area contributed by atoms with Crippen LogP contribution in [0.25, 0.3) is 16.9 Å². The molecule has 0 amide bonds. The van der Waals surface area contributed by atoms with Gasteiger partial charge in [-0.15, -0.1) is 0 Å². The number of aliphatic hydroxyl groups is 1. The largest absolute Gasteiger partial charge is 0.386 e. The van der Waals surface area contributed by atoms with Crippen molar-refractivity contribution in [1.29, 1.82) is 0 Å². The molecule has 0 saturated carbocycles. The summed E-state index contributed by atoms with van der Waals surface area (Å²) in [7, 11) is 0. The van der Waals surface area contributed by atoms with Crippen molar-refractivity contribution < 1.29 is 5.11 Å². The van der Waals surface area contributed by atoms with Crippen LogP contribution in [0.5, 0.6) is 0 Å². The number of rotatable bonds is 2. The fraction of sp³-hybridized carbons (Fsp3) is 0.278. The van der Waals surface area contributed by atoms with Crippen molar-refractivity contribution in [3.63, 3.8) is 0 Å². The lowest BCUT2D eigenvalue weighted by atomic mass is 9.86. The third-order valence-electron chi connectivity index (χ3n) is 3.68. The second-order valence-corrected chi connectivity index (χ2v) is 6.41. The van der Waals surface area contributed by atoms with Crippen LogP contribution in [-0.4, -0.2) is 14.5 Å². The first kappa shape index (κ1) is 13.8. The molecule has 2 aromatic heterocycles. The zero-order chi connectivity index (χ0) is 15.0. The van der Waals surface area contributed by atoms with Crippen LogP contribution in [0.4, 0.5) is 0 Å². The van der Waals surface area contributed by atoms with Crippen molar-refractivity contribution in [1.82, 2.24) is 9.38 Å². The van der Waals surface area contributed by atoms with Crippen molar-refractivity contribution >= 4 is 5.65 Å². The third kappa shape index (κ3) is 2.45. The molecule has 0 aliphatic heterocycles. The summed E-state index contributed by atoms with van der Waals surface area (Å²) in [4.78, 5) is 4.67. The zero-order valence-corrected chi connectivity index (χ0v) is 12.6. The van der Waals surface area contributed by atoms with E-state index in [-0.39, 0.29) is 5.41 Å². The molecule has 3 aromatic rings. The number of imidazole rings is 1. The number of hydrogen-bond donors (Lipinski definition) is 1. The van der Waals surface area contributed by atoms with Gasteiger partial charge in [-0.3, -0.25) is 4.40 Å². The smallest absolute Gasteiger partial charge is 0.137 e. The van der Waals surface area contributed by atoms with Crippen molar-refractivity contribution in [3.05, 3.63) is 60.4 Å². The highest BCUT2D eigenvalue weighted by Gasteiger charge is 2.29. The Morgan fingerprint density at radius 2 is 1.67 bits per heavy atom. The van der Waals surface area contributed by atoms with Crippen LogP contribution in [0.15, 0.2) is 54.7 Å². The van der Waals surface area contributed by atoms with Gasteiger partial charge in [0.1, 0.15) is 11.8 Å². The van der Waals surface area contributed by atoms with Gasteiger partial charge < -0.3 is 5.11 Å². The number of benzene rings is 1. The molecule has 3 nitrogen and oxygen atoms in total. The van der Waals surface area contributed by atoms with Gasteiger partial charge in [0.25, 0.3) is 0 Å². The van der Waals surface area contributed by atoms with Gasteiger partial charge >= 0.3 is 0 Å². The molecule has 3 heteroatoms. The first-order chi connectivity index (χ1) is 9.98. The lowest BCUT2D eigenvalue weighted by molar-refractivity contribution is 0.0599. The molecular formula is C18H20N2O. The Labute approximate surface area is 124 Å². The minimum atomic E-state index is -0.618. The maximum Gasteiger partial charge on any atom is 0.137 e.